The molecule has 0 aliphatic rings. The van der Waals surface area contributed by atoms with Crippen molar-refractivity contribution >= 4 is 5.91 Å². The van der Waals surface area contributed by atoms with Crippen LogP contribution in [-0.4, -0.2) is 18.5 Å². The van der Waals surface area contributed by atoms with E-state index in [9.17, 15) is 4.79 Å². The lowest BCUT2D eigenvalue weighted by Crippen LogP contribution is -2.37. The lowest BCUT2D eigenvalue weighted by molar-refractivity contribution is 0.0912. The molecular weight excluding hydrogens is 168 g/mol. The highest BCUT2D eigenvalue weighted by Crippen LogP contribution is 2.08. The molecule has 0 saturated heterocycles. The summed E-state index contributed by atoms with van der Waals surface area (Å²) in [6, 6.07) is 1.72. The number of hydrogen-bond donors (Lipinski definition) is 2. The first-order valence-electron chi connectivity index (χ1n) is 4.20. The Bertz CT molecular complexity index is 294. The SMILES string of the molecule is Cc1ccoc1C(=O)N[C@@H](C)CN. The van der Waals surface area contributed by atoms with E-state index in [-0.39, 0.29) is 11.9 Å². The van der Waals surface area contributed by atoms with Crippen molar-refractivity contribution in [2.45, 2.75) is 19.9 Å². The molecule has 0 fully saturated rings. The van der Waals surface area contributed by atoms with Gasteiger partial charge in [-0.25, -0.2) is 0 Å². The molecule has 0 bridgehead atoms. The fourth-order valence-electron chi connectivity index (χ4n) is 0.954. The molecule has 1 rings (SSSR count). The zero-order valence-electron chi connectivity index (χ0n) is 7.83. The Morgan fingerprint density at radius 2 is 2.46 bits per heavy atom. The van der Waals surface area contributed by atoms with Crippen LogP contribution in [0.4, 0.5) is 0 Å². The van der Waals surface area contributed by atoms with Gasteiger partial charge in [0.05, 0.1) is 6.26 Å². The van der Waals surface area contributed by atoms with E-state index in [1.54, 1.807) is 6.07 Å². The van der Waals surface area contributed by atoms with E-state index in [0.717, 1.165) is 5.56 Å². The van der Waals surface area contributed by atoms with E-state index in [1.165, 1.54) is 6.26 Å². The van der Waals surface area contributed by atoms with Gasteiger partial charge in [-0.2, -0.15) is 0 Å². The molecule has 0 saturated carbocycles. The summed E-state index contributed by atoms with van der Waals surface area (Å²) in [5.74, 6) is 0.153. The first-order valence-corrected chi connectivity index (χ1v) is 4.20. The maximum Gasteiger partial charge on any atom is 0.287 e. The van der Waals surface area contributed by atoms with Crippen molar-refractivity contribution in [3.63, 3.8) is 0 Å². The molecule has 0 radical (unpaired) electrons. The number of furan rings is 1. The van der Waals surface area contributed by atoms with E-state index in [2.05, 4.69) is 5.32 Å². The summed E-state index contributed by atoms with van der Waals surface area (Å²) in [7, 11) is 0. The summed E-state index contributed by atoms with van der Waals surface area (Å²) in [6.07, 6.45) is 1.50. The van der Waals surface area contributed by atoms with Gasteiger partial charge in [0.2, 0.25) is 0 Å². The number of rotatable bonds is 3. The third-order valence-electron chi connectivity index (χ3n) is 1.80. The minimum atomic E-state index is -0.208. The van der Waals surface area contributed by atoms with Crippen molar-refractivity contribution < 1.29 is 9.21 Å². The maximum absolute atomic E-state index is 11.4. The zero-order valence-corrected chi connectivity index (χ0v) is 7.83. The number of nitrogens with two attached hydrogens (primary N) is 1. The third kappa shape index (κ3) is 2.32. The molecule has 1 aromatic heterocycles. The van der Waals surface area contributed by atoms with Crippen LogP contribution in [0.25, 0.3) is 0 Å². The van der Waals surface area contributed by atoms with Gasteiger partial charge >= 0.3 is 0 Å². The molecule has 4 heteroatoms. The van der Waals surface area contributed by atoms with Crippen LogP contribution in [0, 0.1) is 6.92 Å². The second-order valence-electron chi connectivity index (χ2n) is 3.04. The van der Waals surface area contributed by atoms with Crippen molar-refractivity contribution in [3.05, 3.63) is 23.7 Å². The Morgan fingerprint density at radius 1 is 1.77 bits per heavy atom. The van der Waals surface area contributed by atoms with Crippen LogP contribution in [0.15, 0.2) is 16.7 Å². The highest BCUT2D eigenvalue weighted by molar-refractivity contribution is 5.92. The Morgan fingerprint density at radius 3 is 2.92 bits per heavy atom. The molecule has 0 spiro atoms. The predicted molar refractivity (Wildman–Crippen MR) is 49.4 cm³/mol. The Hall–Kier alpha value is -1.29. The quantitative estimate of drug-likeness (QED) is 0.721. The number of carbonyl (C=O) groups is 1. The molecule has 0 unspecified atom stereocenters. The molecule has 0 aliphatic carbocycles. The minimum absolute atomic E-state index is 0.0306. The van der Waals surface area contributed by atoms with E-state index < -0.39 is 0 Å². The Labute approximate surface area is 77.1 Å². The standard InChI is InChI=1S/C9H14N2O2/c1-6-3-4-13-8(6)9(12)11-7(2)5-10/h3-4,7H,5,10H2,1-2H3,(H,11,12)/t7-/m0/s1. The number of nitrogens with one attached hydrogen (secondary N) is 1. The molecular formula is C9H14N2O2. The average molecular weight is 182 g/mol. The van der Waals surface area contributed by atoms with Crippen LogP contribution in [0.1, 0.15) is 23.0 Å². The zero-order chi connectivity index (χ0) is 9.84. The van der Waals surface area contributed by atoms with Crippen LogP contribution < -0.4 is 11.1 Å². The molecule has 1 amide bonds. The van der Waals surface area contributed by atoms with Crippen molar-refractivity contribution in [1.29, 1.82) is 0 Å². The molecule has 4 nitrogen and oxygen atoms in total. The normalized spacial score (nSPS) is 12.5. The van der Waals surface area contributed by atoms with Gasteiger partial charge in [0.1, 0.15) is 0 Å². The van der Waals surface area contributed by atoms with Crippen LogP contribution in [0.2, 0.25) is 0 Å². The number of carbonyl (C=O) groups excluding carboxylic acids is 1. The van der Waals surface area contributed by atoms with Crippen LogP contribution in [0.3, 0.4) is 0 Å². The van der Waals surface area contributed by atoms with E-state index in [0.29, 0.717) is 12.3 Å². The van der Waals surface area contributed by atoms with Crippen LogP contribution >= 0.6 is 0 Å². The maximum atomic E-state index is 11.4. The largest absolute Gasteiger partial charge is 0.459 e. The summed E-state index contributed by atoms with van der Waals surface area (Å²) >= 11 is 0. The van der Waals surface area contributed by atoms with Gasteiger partial charge in [0.15, 0.2) is 5.76 Å². The molecule has 1 atom stereocenters. The predicted octanol–water partition coefficient (Wildman–Crippen LogP) is 0.665. The van der Waals surface area contributed by atoms with Gasteiger partial charge in [-0.3, -0.25) is 4.79 Å². The Balaban J connectivity index is 2.64. The average Bonchev–Trinajstić information content (AvgIpc) is 2.51. The van der Waals surface area contributed by atoms with E-state index in [4.69, 9.17) is 10.2 Å². The molecule has 1 heterocycles. The number of aryl methyl sites for hydroxylation is 1. The van der Waals surface area contributed by atoms with Crippen molar-refractivity contribution in [1.82, 2.24) is 5.32 Å². The Kier molecular flexibility index (Phi) is 3.08. The number of hydrogen-bond acceptors (Lipinski definition) is 3. The topological polar surface area (TPSA) is 68.3 Å². The van der Waals surface area contributed by atoms with Crippen molar-refractivity contribution in [2.24, 2.45) is 5.73 Å². The molecule has 72 valence electrons. The molecule has 0 aliphatic heterocycles. The minimum Gasteiger partial charge on any atom is -0.459 e. The van der Waals surface area contributed by atoms with E-state index >= 15 is 0 Å². The summed E-state index contributed by atoms with van der Waals surface area (Å²) < 4.78 is 5.02. The summed E-state index contributed by atoms with van der Waals surface area (Å²) in [5, 5.41) is 2.72. The van der Waals surface area contributed by atoms with Crippen molar-refractivity contribution in [3.8, 4) is 0 Å². The molecule has 1 aromatic rings. The summed E-state index contributed by atoms with van der Waals surface area (Å²) in [4.78, 5) is 11.4. The van der Waals surface area contributed by atoms with Gasteiger partial charge in [0, 0.05) is 18.2 Å². The molecule has 3 N–H and O–H groups in total. The third-order valence-corrected chi connectivity index (χ3v) is 1.80. The highest BCUT2D eigenvalue weighted by Gasteiger charge is 2.13. The highest BCUT2D eigenvalue weighted by atomic mass is 16.3. The van der Waals surface area contributed by atoms with Gasteiger partial charge in [-0.05, 0) is 19.9 Å². The second-order valence-corrected chi connectivity index (χ2v) is 3.04. The first-order chi connectivity index (χ1) is 6.15. The van der Waals surface area contributed by atoms with Gasteiger partial charge in [0.25, 0.3) is 5.91 Å². The summed E-state index contributed by atoms with van der Waals surface area (Å²) in [6.45, 7) is 4.09. The lowest BCUT2D eigenvalue weighted by Gasteiger charge is -2.09. The van der Waals surface area contributed by atoms with Gasteiger partial charge < -0.3 is 15.5 Å². The summed E-state index contributed by atoms with van der Waals surface area (Å²) in [5.41, 5.74) is 6.20. The van der Waals surface area contributed by atoms with Crippen LogP contribution in [0.5, 0.6) is 0 Å². The first kappa shape index (κ1) is 9.80. The lowest BCUT2D eigenvalue weighted by atomic mass is 10.2. The monoisotopic (exact) mass is 182 g/mol. The van der Waals surface area contributed by atoms with Gasteiger partial charge in [-0.1, -0.05) is 0 Å². The van der Waals surface area contributed by atoms with E-state index in [1.807, 2.05) is 13.8 Å². The smallest absolute Gasteiger partial charge is 0.287 e. The van der Waals surface area contributed by atoms with Gasteiger partial charge in [-0.15, -0.1) is 0 Å². The van der Waals surface area contributed by atoms with Crippen molar-refractivity contribution in [2.75, 3.05) is 6.54 Å². The molecule has 13 heavy (non-hydrogen) atoms. The molecule has 0 aromatic carbocycles. The number of amides is 1. The second kappa shape index (κ2) is 4.09. The fraction of sp³-hybridized carbons (Fsp3) is 0.444. The fourth-order valence-corrected chi connectivity index (χ4v) is 0.954. The van der Waals surface area contributed by atoms with Crippen LogP contribution in [-0.2, 0) is 0 Å².